The number of likely N-dealkylation sites (tertiary alicyclic amines) is 1. The van der Waals surface area contributed by atoms with Crippen molar-refractivity contribution in [3.63, 3.8) is 0 Å². The molecule has 1 aromatic heterocycles. The van der Waals surface area contributed by atoms with E-state index in [0.717, 1.165) is 23.6 Å². The third kappa shape index (κ3) is 4.12. The summed E-state index contributed by atoms with van der Waals surface area (Å²) in [6, 6.07) is 10.8. The average molecular weight is 314 g/mol. The Kier molecular flexibility index (Phi) is 5.31. The van der Waals surface area contributed by atoms with Crippen molar-refractivity contribution < 1.29 is 4.74 Å². The van der Waals surface area contributed by atoms with E-state index in [4.69, 9.17) is 4.74 Å². The van der Waals surface area contributed by atoms with Gasteiger partial charge < -0.3 is 15.0 Å². The van der Waals surface area contributed by atoms with Gasteiger partial charge in [-0.2, -0.15) is 5.10 Å². The Bertz CT molecular complexity index is 617. The van der Waals surface area contributed by atoms with Crippen molar-refractivity contribution in [3.8, 4) is 17.0 Å². The highest BCUT2D eigenvalue weighted by molar-refractivity contribution is 5.67. The molecule has 0 unspecified atom stereocenters. The zero-order valence-corrected chi connectivity index (χ0v) is 14.0. The van der Waals surface area contributed by atoms with Crippen LogP contribution in [-0.2, 0) is 7.05 Å². The first-order chi connectivity index (χ1) is 11.2. The normalized spacial score (nSPS) is 16.6. The molecule has 1 aromatic carbocycles. The molecule has 124 valence electrons. The summed E-state index contributed by atoms with van der Waals surface area (Å²) in [4.78, 5) is 2.39. The summed E-state index contributed by atoms with van der Waals surface area (Å²) in [6.07, 6.45) is 4.26. The molecular formula is C18H26N4O. The first-order valence-electron chi connectivity index (χ1n) is 8.36. The summed E-state index contributed by atoms with van der Waals surface area (Å²) >= 11 is 0. The van der Waals surface area contributed by atoms with Gasteiger partial charge in [-0.1, -0.05) is 12.1 Å². The van der Waals surface area contributed by atoms with Crippen molar-refractivity contribution in [2.75, 3.05) is 33.3 Å². The minimum absolute atomic E-state index is 0.627. The van der Waals surface area contributed by atoms with Gasteiger partial charge in [-0.15, -0.1) is 0 Å². The van der Waals surface area contributed by atoms with Crippen LogP contribution in [0.3, 0.4) is 0 Å². The standard InChI is InChI=1S/C18H26N4O/c1-21-12-8-15(9-13-21)19-11-14-23-18-6-4-3-5-16(18)17-7-10-20-22(17)2/h3-7,10,15,19H,8-9,11-14H2,1-2H3. The number of piperidine rings is 1. The number of aromatic nitrogens is 2. The number of rotatable bonds is 6. The summed E-state index contributed by atoms with van der Waals surface area (Å²) in [5, 5.41) is 7.85. The van der Waals surface area contributed by atoms with Gasteiger partial charge in [0.1, 0.15) is 12.4 Å². The van der Waals surface area contributed by atoms with Crippen LogP contribution in [-0.4, -0.2) is 54.0 Å². The summed E-state index contributed by atoms with van der Waals surface area (Å²) in [6.45, 7) is 3.93. The van der Waals surface area contributed by atoms with Crippen LogP contribution in [0.15, 0.2) is 36.5 Å². The van der Waals surface area contributed by atoms with E-state index in [1.54, 1.807) is 0 Å². The van der Waals surface area contributed by atoms with Crippen molar-refractivity contribution in [1.29, 1.82) is 0 Å². The fourth-order valence-electron chi connectivity index (χ4n) is 3.08. The number of para-hydroxylation sites is 1. The van der Waals surface area contributed by atoms with Crippen LogP contribution in [0.1, 0.15) is 12.8 Å². The fraction of sp³-hybridized carbons (Fsp3) is 0.500. The number of hydrogen-bond acceptors (Lipinski definition) is 4. The molecular weight excluding hydrogens is 288 g/mol. The summed E-state index contributed by atoms with van der Waals surface area (Å²) in [5.74, 6) is 0.918. The molecule has 1 N–H and O–H groups in total. The summed E-state index contributed by atoms with van der Waals surface area (Å²) < 4.78 is 7.89. The molecule has 1 aliphatic heterocycles. The molecule has 0 amide bonds. The summed E-state index contributed by atoms with van der Waals surface area (Å²) in [5.41, 5.74) is 2.16. The van der Waals surface area contributed by atoms with Gasteiger partial charge in [0.15, 0.2) is 0 Å². The number of ether oxygens (including phenoxy) is 1. The first-order valence-corrected chi connectivity index (χ1v) is 8.36. The molecule has 0 bridgehead atoms. The van der Waals surface area contributed by atoms with Crippen molar-refractivity contribution in [1.82, 2.24) is 20.0 Å². The molecule has 2 aromatic rings. The Balaban J connectivity index is 1.52. The van der Waals surface area contributed by atoms with Gasteiger partial charge in [-0.25, -0.2) is 0 Å². The third-order valence-corrected chi connectivity index (χ3v) is 4.50. The largest absolute Gasteiger partial charge is 0.492 e. The van der Waals surface area contributed by atoms with E-state index in [1.807, 2.05) is 42.2 Å². The van der Waals surface area contributed by atoms with Gasteiger partial charge in [-0.05, 0) is 51.2 Å². The molecule has 23 heavy (non-hydrogen) atoms. The second kappa shape index (κ2) is 7.62. The maximum Gasteiger partial charge on any atom is 0.128 e. The lowest BCUT2D eigenvalue weighted by molar-refractivity contribution is 0.225. The van der Waals surface area contributed by atoms with Crippen molar-refractivity contribution in [3.05, 3.63) is 36.5 Å². The zero-order valence-electron chi connectivity index (χ0n) is 14.0. The van der Waals surface area contributed by atoms with Crippen LogP contribution in [0, 0.1) is 0 Å². The molecule has 0 aliphatic carbocycles. The molecule has 5 nitrogen and oxygen atoms in total. The maximum absolute atomic E-state index is 6.01. The first kappa shape index (κ1) is 16.0. The van der Waals surface area contributed by atoms with Crippen LogP contribution in [0.25, 0.3) is 11.3 Å². The number of hydrogen-bond donors (Lipinski definition) is 1. The average Bonchev–Trinajstić information content (AvgIpc) is 2.99. The molecule has 0 atom stereocenters. The van der Waals surface area contributed by atoms with Gasteiger partial charge in [0.25, 0.3) is 0 Å². The Morgan fingerprint density at radius 3 is 2.70 bits per heavy atom. The van der Waals surface area contributed by atoms with Crippen molar-refractivity contribution in [2.45, 2.75) is 18.9 Å². The number of nitrogens with zero attached hydrogens (tertiary/aromatic N) is 3. The van der Waals surface area contributed by atoms with Crippen LogP contribution in [0.5, 0.6) is 5.75 Å². The van der Waals surface area contributed by atoms with Gasteiger partial charge in [0, 0.05) is 31.4 Å². The Morgan fingerprint density at radius 2 is 1.96 bits per heavy atom. The van der Waals surface area contributed by atoms with E-state index in [1.165, 1.54) is 25.9 Å². The lowest BCUT2D eigenvalue weighted by atomic mass is 10.1. The van der Waals surface area contributed by atoms with Crippen molar-refractivity contribution >= 4 is 0 Å². The third-order valence-electron chi connectivity index (χ3n) is 4.50. The van der Waals surface area contributed by atoms with Crippen LogP contribution in [0.2, 0.25) is 0 Å². The van der Waals surface area contributed by atoms with E-state index >= 15 is 0 Å². The van der Waals surface area contributed by atoms with Crippen molar-refractivity contribution in [2.24, 2.45) is 7.05 Å². The molecule has 1 saturated heterocycles. The van der Waals surface area contributed by atoms with Gasteiger partial charge in [0.05, 0.1) is 5.69 Å². The lowest BCUT2D eigenvalue weighted by Crippen LogP contribution is -2.42. The second-order valence-electron chi connectivity index (χ2n) is 6.22. The predicted octanol–water partition coefficient (Wildman–Crippen LogP) is 2.15. The maximum atomic E-state index is 6.01. The Hall–Kier alpha value is -1.85. The van der Waals surface area contributed by atoms with E-state index < -0.39 is 0 Å². The Morgan fingerprint density at radius 1 is 1.17 bits per heavy atom. The van der Waals surface area contributed by atoms with Crippen LogP contribution < -0.4 is 10.1 Å². The highest BCUT2D eigenvalue weighted by Crippen LogP contribution is 2.28. The van der Waals surface area contributed by atoms with Gasteiger partial charge in [0.2, 0.25) is 0 Å². The number of aryl methyl sites for hydroxylation is 1. The number of nitrogens with one attached hydrogen (secondary N) is 1. The molecule has 0 spiro atoms. The van der Waals surface area contributed by atoms with Gasteiger partial charge >= 0.3 is 0 Å². The van der Waals surface area contributed by atoms with Gasteiger partial charge in [-0.3, -0.25) is 4.68 Å². The predicted molar refractivity (Wildman–Crippen MR) is 92.7 cm³/mol. The molecule has 5 heteroatoms. The molecule has 1 fully saturated rings. The van der Waals surface area contributed by atoms with E-state index in [9.17, 15) is 0 Å². The minimum atomic E-state index is 0.627. The van der Waals surface area contributed by atoms with Crippen LogP contribution >= 0.6 is 0 Å². The number of benzene rings is 1. The minimum Gasteiger partial charge on any atom is -0.492 e. The van der Waals surface area contributed by atoms with E-state index in [0.29, 0.717) is 12.6 Å². The lowest BCUT2D eigenvalue weighted by Gasteiger charge is -2.29. The topological polar surface area (TPSA) is 42.3 Å². The molecule has 0 saturated carbocycles. The van der Waals surface area contributed by atoms with E-state index in [-0.39, 0.29) is 0 Å². The van der Waals surface area contributed by atoms with E-state index in [2.05, 4.69) is 28.4 Å². The highest BCUT2D eigenvalue weighted by Gasteiger charge is 2.15. The SMILES string of the molecule is CN1CCC(NCCOc2ccccc2-c2ccnn2C)CC1. The molecule has 2 heterocycles. The zero-order chi connectivity index (χ0) is 16.1. The monoisotopic (exact) mass is 314 g/mol. The molecule has 3 rings (SSSR count). The quantitative estimate of drug-likeness (QED) is 0.830. The smallest absolute Gasteiger partial charge is 0.128 e. The second-order valence-corrected chi connectivity index (χ2v) is 6.22. The summed E-state index contributed by atoms with van der Waals surface area (Å²) in [7, 11) is 4.14. The van der Waals surface area contributed by atoms with Crippen LogP contribution in [0.4, 0.5) is 0 Å². The Labute approximate surface area is 138 Å². The highest BCUT2D eigenvalue weighted by atomic mass is 16.5. The molecule has 1 aliphatic rings. The fourth-order valence-corrected chi connectivity index (χ4v) is 3.08. The molecule has 0 radical (unpaired) electrons.